The average molecular weight is 498 g/mol. The van der Waals surface area contributed by atoms with Crippen molar-refractivity contribution in [2.45, 2.75) is 25.1 Å². The van der Waals surface area contributed by atoms with E-state index in [0.29, 0.717) is 37.3 Å². The molecule has 9 heteroatoms. The SMILES string of the molecule is O=C(NCCc1ccccc1)[C@H]1Cc2cc(C(F)(F)F)ccc2N2CCN(C(=O)c3ccco3)C[C@H]12. The van der Waals surface area contributed by atoms with Gasteiger partial charge in [0, 0.05) is 31.9 Å². The van der Waals surface area contributed by atoms with Gasteiger partial charge in [-0.25, -0.2) is 0 Å². The number of furan rings is 1. The number of halogens is 3. The zero-order chi connectivity index (χ0) is 25.3. The van der Waals surface area contributed by atoms with Gasteiger partial charge in [-0.2, -0.15) is 13.2 Å². The van der Waals surface area contributed by atoms with Gasteiger partial charge in [-0.1, -0.05) is 30.3 Å². The Labute approximate surface area is 206 Å². The van der Waals surface area contributed by atoms with Gasteiger partial charge in [0.1, 0.15) is 0 Å². The lowest BCUT2D eigenvalue weighted by Crippen LogP contribution is -2.62. The standard InChI is InChI=1S/C27H26F3N3O3/c28-27(29,30)20-8-9-22-19(15-20)16-21(25(34)31-11-10-18-5-2-1-3-6-18)23-17-32(12-13-33(22)23)26(35)24-7-4-14-36-24/h1-9,14-15,21,23H,10-13,16-17H2,(H,31,34)/t21-,23+/m0/s1. The summed E-state index contributed by atoms with van der Waals surface area (Å²) in [6, 6.07) is 16.3. The van der Waals surface area contributed by atoms with Crippen molar-refractivity contribution >= 4 is 17.5 Å². The molecule has 36 heavy (non-hydrogen) atoms. The van der Waals surface area contributed by atoms with Gasteiger partial charge in [-0.05, 0) is 54.3 Å². The Morgan fingerprint density at radius 3 is 2.56 bits per heavy atom. The van der Waals surface area contributed by atoms with Gasteiger partial charge in [0.15, 0.2) is 5.76 Å². The molecule has 1 aromatic heterocycles. The van der Waals surface area contributed by atoms with Crippen LogP contribution in [-0.2, 0) is 23.8 Å². The number of rotatable bonds is 5. The van der Waals surface area contributed by atoms with Crippen LogP contribution in [0.3, 0.4) is 0 Å². The summed E-state index contributed by atoms with van der Waals surface area (Å²) in [5, 5.41) is 2.97. The van der Waals surface area contributed by atoms with Crippen LogP contribution in [0, 0.1) is 5.92 Å². The molecule has 188 valence electrons. The van der Waals surface area contributed by atoms with Crippen molar-refractivity contribution in [2.75, 3.05) is 31.1 Å². The molecule has 0 saturated carbocycles. The number of benzene rings is 2. The third-order valence-electron chi connectivity index (χ3n) is 6.95. The lowest BCUT2D eigenvalue weighted by molar-refractivity contribution is -0.137. The number of fused-ring (bicyclic) bond motifs is 3. The van der Waals surface area contributed by atoms with Crippen LogP contribution in [0.5, 0.6) is 0 Å². The Bertz CT molecular complexity index is 1230. The molecule has 2 atom stereocenters. The molecule has 6 nitrogen and oxygen atoms in total. The molecule has 1 fully saturated rings. The fraction of sp³-hybridized carbons (Fsp3) is 0.333. The van der Waals surface area contributed by atoms with Crippen LogP contribution in [0.15, 0.2) is 71.3 Å². The minimum absolute atomic E-state index is 0.167. The van der Waals surface area contributed by atoms with Crippen molar-refractivity contribution in [2.24, 2.45) is 5.92 Å². The molecule has 5 rings (SSSR count). The molecule has 2 aliphatic heterocycles. The minimum atomic E-state index is -4.46. The monoisotopic (exact) mass is 497 g/mol. The highest BCUT2D eigenvalue weighted by molar-refractivity contribution is 5.92. The van der Waals surface area contributed by atoms with E-state index in [2.05, 4.69) is 5.32 Å². The minimum Gasteiger partial charge on any atom is -0.459 e. The first-order chi connectivity index (χ1) is 17.3. The molecule has 2 aliphatic rings. The van der Waals surface area contributed by atoms with Crippen LogP contribution in [0.25, 0.3) is 0 Å². The number of nitrogens with one attached hydrogen (secondary N) is 1. The smallest absolute Gasteiger partial charge is 0.416 e. The van der Waals surface area contributed by atoms with E-state index in [9.17, 15) is 22.8 Å². The van der Waals surface area contributed by atoms with Crippen molar-refractivity contribution < 1.29 is 27.2 Å². The summed E-state index contributed by atoms with van der Waals surface area (Å²) in [6.45, 7) is 1.47. The molecule has 0 spiro atoms. The largest absolute Gasteiger partial charge is 0.459 e. The summed E-state index contributed by atoms with van der Waals surface area (Å²) in [5.74, 6) is -0.875. The predicted molar refractivity (Wildman–Crippen MR) is 128 cm³/mol. The van der Waals surface area contributed by atoms with Crippen LogP contribution < -0.4 is 10.2 Å². The highest BCUT2D eigenvalue weighted by Gasteiger charge is 2.43. The number of piperazine rings is 1. The molecular formula is C27H26F3N3O3. The van der Waals surface area contributed by atoms with Gasteiger partial charge in [-0.15, -0.1) is 0 Å². The lowest BCUT2D eigenvalue weighted by Gasteiger charge is -2.49. The summed E-state index contributed by atoms with van der Waals surface area (Å²) in [4.78, 5) is 29.9. The Kier molecular flexibility index (Phi) is 6.47. The first-order valence-electron chi connectivity index (χ1n) is 11.9. The van der Waals surface area contributed by atoms with E-state index in [1.165, 1.54) is 12.3 Å². The Morgan fingerprint density at radius 2 is 1.83 bits per heavy atom. The van der Waals surface area contributed by atoms with E-state index >= 15 is 0 Å². The maximum atomic E-state index is 13.4. The van der Waals surface area contributed by atoms with E-state index in [-0.39, 0.29) is 36.6 Å². The number of carbonyl (C=O) groups excluding carboxylic acids is 2. The molecule has 0 radical (unpaired) electrons. The highest BCUT2D eigenvalue weighted by Crippen LogP contribution is 2.40. The van der Waals surface area contributed by atoms with Crippen LogP contribution >= 0.6 is 0 Å². The number of carbonyl (C=O) groups is 2. The Hall–Kier alpha value is -3.75. The van der Waals surface area contributed by atoms with Crippen molar-refractivity contribution in [1.29, 1.82) is 0 Å². The lowest BCUT2D eigenvalue weighted by atomic mass is 9.82. The molecule has 1 saturated heterocycles. The first kappa shape index (κ1) is 24.0. The topological polar surface area (TPSA) is 65.8 Å². The zero-order valence-electron chi connectivity index (χ0n) is 19.5. The molecular weight excluding hydrogens is 471 g/mol. The summed E-state index contributed by atoms with van der Waals surface area (Å²) >= 11 is 0. The summed E-state index contributed by atoms with van der Waals surface area (Å²) in [6.07, 6.45) is -2.22. The maximum absolute atomic E-state index is 13.4. The molecule has 0 bridgehead atoms. The van der Waals surface area contributed by atoms with Crippen molar-refractivity contribution in [1.82, 2.24) is 10.2 Å². The van der Waals surface area contributed by atoms with Crippen molar-refractivity contribution in [3.05, 3.63) is 89.4 Å². The van der Waals surface area contributed by atoms with Crippen LogP contribution in [0.1, 0.15) is 27.2 Å². The van der Waals surface area contributed by atoms with Crippen LogP contribution in [0.4, 0.5) is 18.9 Å². The van der Waals surface area contributed by atoms with Gasteiger partial charge in [0.2, 0.25) is 5.91 Å². The van der Waals surface area contributed by atoms with Gasteiger partial charge >= 0.3 is 6.18 Å². The normalized spacial score (nSPS) is 19.4. The fourth-order valence-electron chi connectivity index (χ4n) is 5.15. The van der Waals surface area contributed by atoms with Gasteiger partial charge in [-0.3, -0.25) is 9.59 Å². The number of anilines is 1. The van der Waals surface area contributed by atoms with E-state index in [1.807, 2.05) is 35.2 Å². The number of amides is 2. The Balaban J connectivity index is 1.39. The zero-order valence-corrected chi connectivity index (χ0v) is 19.5. The number of hydrogen-bond acceptors (Lipinski definition) is 4. The fourth-order valence-corrected chi connectivity index (χ4v) is 5.15. The quantitative estimate of drug-likeness (QED) is 0.575. The third kappa shape index (κ3) is 4.82. The second-order valence-electron chi connectivity index (χ2n) is 9.17. The molecule has 0 aliphatic carbocycles. The number of alkyl halides is 3. The molecule has 3 heterocycles. The highest BCUT2D eigenvalue weighted by atomic mass is 19.4. The van der Waals surface area contributed by atoms with Crippen LogP contribution in [0.2, 0.25) is 0 Å². The van der Waals surface area contributed by atoms with Crippen molar-refractivity contribution in [3.63, 3.8) is 0 Å². The van der Waals surface area contributed by atoms with Gasteiger partial charge in [0.05, 0.1) is 23.8 Å². The van der Waals surface area contributed by atoms with E-state index < -0.39 is 17.7 Å². The number of hydrogen-bond donors (Lipinski definition) is 1. The van der Waals surface area contributed by atoms with Crippen molar-refractivity contribution in [3.8, 4) is 0 Å². The van der Waals surface area contributed by atoms with Gasteiger partial charge < -0.3 is 19.5 Å². The summed E-state index contributed by atoms with van der Waals surface area (Å²) in [5.41, 5.74) is 1.53. The van der Waals surface area contributed by atoms with Crippen LogP contribution in [-0.4, -0.2) is 48.9 Å². The first-order valence-corrected chi connectivity index (χ1v) is 11.9. The molecule has 2 amide bonds. The molecule has 2 aromatic carbocycles. The maximum Gasteiger partial charge on any atom is 0.416 e. The predicted octanol–water partition coefficient (Wildman–Crippen LogP) is 4.16. The summed E-state index contributed by atoms with van der Waals surface area (Å²) < 4.78 is 45.5. The number of nitrogens with zero attached hydrogens (tertiary/aromatic N) is 2. The third-order valence-corrected chi connectivity index (χ3v) is 6.95. The van der Waals surface area contributed by atoms with Gasteiger partial charge in [0.25, 0.3) is 5.91 Å². The second-order valence-corrected chi connectivity index (χ2v) is 9.17. The molecule has 0 unspecified atom stereocenters. The Morgan fingerprint density at radius 1 is 1.03 bits per heavy atom. The molecule has 3 aromatic rings. The molecule has 1 N–H and O–H groups in total. The summed E-state index contributed by atoms with van der Waals surface area (Å²) in [7, 11) is 0. The van der Waals surface area contributed by atoms with E-state index in [1.54, 1.807) is 17.0 Å². The average Bonchev–Trinajstić information content (AvgIpc) is 3.42. The second kappa shape index (κ2) is 9.72. The van der Waals surface area contributed by atoms with E-state index in [4.69, 9.17) is 4.42 Å². The van der Waals surface area contributed by atoms with E-state index in [0.717, 1.165) is 17.7 Å².